The van der Waals surface area contributed by atoms with Gasteiger partial charge in [0.25, 0.3) is 5.91 Å². The Morgan fingerprint density at radius 2 is 1.92 bits per heavy atom. The number of benzene rings is 1. The van der Waals surface area contributed by atoms with Gasteiger partial charge in [-0.1, -0.05) is 18.2 Å². The lowest BCUT2D eigenvalue weighted by Gasteiger charge is -2.38. The number of hydrogen-bond donors (Lipinski definition) is 1. The standard InChI is InChI=1S/C21H26N4O/c1-4-8-23-21(26)18-13-19(15-22-14-18)24-9-11-25(12-10-24)20-7-5-6-16(2)17(20)3/h4-7,13-15H,1,8-12H2,2-3H3,(H,23,26). The monoisotopic (exact) mass is 350 g/mol. The van der Waals surface area contributed by atoms with E-state index < -0.39 is 0 Å². The van der Waals surface area contributed by atoms with E-state index in [2.05, 4.69) is 58.7 Å². The van der Waals surface area contributed by atoms with E-state index in [1.165, 1.54) is 16.8 Å². The first-order valence-electron chi connectivity index (χ1n) is 9.00. The van der Waals surface area contributed by atoms with Gasteiger partial charge >= 0.3 is 0 Å². The molecule has 2 heterocycles. The molecule has 5 nitrogen and oxygen atoms in total. The van der Waals surface area contributed by atoms with E-state index in [4.69, 9.17) is 0 Å². The summed E-state index contributed by atoms with van der Waals surface area (Å²) in [5.74, 6) is -0.117. The van der Waals surface area contributed by atoms with Crippen LogP contribution in [0.3, 0.4) is 0 Å². The van der Waals surface area contributed by atoms with Gasteiger partial charge in [-0.25, -0.2) is 0 Å². The van der Waals surface area contributed by atoms with Gasteiger partial charge < -0.3 is 15.1 Å². The quantitative estimate of drug-likeness (QED) is 0.843. The molecule has 1 aliphatic rings. The van der Waals surface area contributed by atoms with Crippen LogP contribution in [0.25, 0.3) is 0 Å². The lowest BCUT2D eigenvalue weighted by molar-refractivity contribution is 0.0957. The molecule has 0 spiro atoms. The molecule has 0 radical (unpaired) electrons. The van der Waals surface area contributed by atoms with Crippen LogP contribution in [0.5, 0.6) is 0 Å². The summed E-state index contributed by atoms with van der Waals surface area (Å²) >= 11 is 0. The number of carbonyl (C=O) groups excluding carboxylic acids is 1. The number of anilines is 2. The Hall–Kier alpha value is -2.82. The Bertz CT molecular complexity index is 794. The molecule has 0 unspecified atom stereocenters. The van der Waals surface area contributed by atoms with Crippen molar-refractivity contribution in [1.29, 1.82) is 0 Å². The highest BCUT2D eigenvalue weighted by Gasteiger charge is 2.20. The van der Waals surface area contributed by atoms with Crippen molar-refractivity contribution in [2.45, 2.75) is 13.8 Å². The summed E-state index contributed by atoms with van der Waals surface area (Å²) in [6, 6.07) is 8.39. The fourth-order valence-corrected chi connectivity index (χ4v) is 3.28. The van der Waals surface area contributed by atoms with Crippen LogP contribution in [-0.2, 0) is 0 Å². The van der Waals surface area contributed by atoms with Crippen molar-refractivity contribution in [1.82, 2.24) is 10.3 Å². The van der Waals surface area contributed by atoms with Crippen molar-refractivity contribution < 1.29 is 4.79 Å². The van der Waals surface area contributed by atoms with E-state index in [-0.39, 0.29) is 5.91 Å². The lowest BCUT2D eigenvalue weighted by atomic mass is 10.1. The third-order valence-electron chi connectivity index (χ3n) is 4.95. The maximum atomic E-state index is 12.1. The Morgan fingerprint density at radius 1 is 1.19 bits per heavy atom. The number of pyridine rings is 1. The average molecular weight is 350 g/mol. The molecule has 3 rings (SSSR count). The molecule has 0 aliphatic carbocycles. The first kappa shape index (κ1) is 18.0. The molecule has 0 saturated carbocycles. The Kier molecular flexibility index (Phi) is 5.56. The van der Waals surface area contributed by atoms with Crippen molar-refractivity contribution in [2.75, 3.05) is 42.5 Å². The van der Waals surface area contributed by atoms with Crippen molar-refractivity contribution >= 4 is 17.3 Å². The highest BCUT2D eigenvalue weighted by molar-refractivity contribution is 5.94. The van der Waals surface area contributed by atoms with Crippen LogP contribution in [0, 0.1) is 13.8 Å². The summed E-state index contributed by atoms with van der Waals surface area (Å²) in [6.07, 6.45) is 5.10. The maximum Gasteiger partial charge on any atom is 0.253 e. The first-order chi connectivity index (χ1) is 12.6. The molecule has 1 fully saturated rings. The van der Waals surface area contributed by atoms with Gasteiger partial charge in [-0.15, -0.1) is 6.58 Å². The summed E-state index contributed by atoms with van der Waals surface area (Å²) in [6.45, 7) is 12.1. The van der Waals surface area contributed by atoms with Crippen LogP contribution in [0.4, 0.5) is 11.4 Å². The highest BCUT2D eigenvalue weighted by Crippen LogP contribution is 2.25. The second kappa shape index (κ2) is 8.04. The van der Waals surface area contributed by atoms with Crippen LogP contribution < -0.4 is 15.1 Å². The van der Waals surface area contributed by atoms with Crippen LogP contribution in [-0.4, -0.2) is 43.6 Å². The molecule has 1 aromatic heterocycles. The minimum absolute atomic E-state index is 0.117. The number of nitrogens with one attached hydrogen (secondary N) is 1. The topological polar surface area (TPSA) is 48.5 Å². The van der Waals surface area contributed by atoms with Gasteiger partial charge in [0, 0.05) is 44.6 Å². The molecule has 1 amide bonds. The lowest BCUT2D eigenvalue weighted by Crippen LogP contribution is -2.46. The van der Waals surface area contributed by atoms with E-state index in [1.807, 2.05) is 12.3 Å². The highest BCUT2D eigenvalue weighted by atomic mass is 16.1. The van der Waals surface area contributed by atoms with E-state index in [1.54, 1.807) is 12.3 Å². The first-order valence-corrected chi connectivity index (χ1v) is 9.00. The molecule has 5 heteroatoms. The molecule has 1 N–H and O–H groups in total. The number of nitrogens with zero attached hydrogens (tertiary/aromatic N) is 3. The molecule has 2 aromatic rings. The SMILES string of the molecule is C=CCNC(=O)c1cncc(N2CCN(c3cccc(C)c3C)CC2)c1. The molecule has 0 bridgehead atoms. The number of aryl methyl sites for hydroxylation is 1. The largest absolute Gasteiger partial charge is 0.368 e. The van der Waals surface area contributed by atoms with Gasteiger partial charge in [0.1, 0.15) is 0 Å². The molecule has 0 atom stereocenters. The number of aromatic nitrogens is 1. The molecule has 1 aliphatic heterocycles. The minimum atomic E-state index is -0.117. The molecular weight excluding hydrogens is 324 g/mol. The summed E-state index contributed by atoms with van der Waals surface area (Å²) in [5, 5.41) is 2.80. The fraction of sp³-hybridized carbons (Fsp3) is 0.333. The molecule has 26 heavy (non-hydrogen) atoms. The third-order valence-corrected chi connectivity index (χ3v) is 4.95. The zero-order valence-corrected chi connectivity index (χ0v) is 15.5. The second-order valence-electron chi connectivity index (χ2n) is 6.62. The molecule has 1 saturated heterocycles. The van der Waals surface area contributed by atoms with Gasteiger partial charge in [-0.2, -0.15) is 0 Å². The van der Waals surface area contributed by atoms with Crippen LogP contribution in [0.1, 0.15) is 21.5 Å². The fourth-order valence-electron chi connectivity index (χ4n) is 3.28. The van der Waals surface area contributed by atoms with Gasteiger partial charge in [0.15, 0.2) is 0 Å². The minimum Gasteiger partial charge on any atom is -0.368 e. The van der Waals surface area contributed by atoms with E-state index in [9.17, 15) is 4.79 Å². The van der Waals surface area contributed by atoms with E-state index in [0.717, 1.165) is 31.9 Å². The molecular formula is C21H26N4O. The Labute approximate surface area is 155 Å². The number of carbonyl (C=O) groups is 1. The number of amides is 1. The van der Waals surface area contributed by atoms with Gasteiger partial charge in [0.2, 0.25) is 0 Å². The predicted octanol–water partition coefficient (Wildman–Crippen LogP) is 2.94. The predicted molar refractivity (Wildman–Crippen MR) is 107 cm³/mol. The normalized spacial score (nSPS) is 14.2. The second-order valence-corrected chi connectivity index (χ2v) is 6.62. The summed E-state index contributed by atoms with van der Waals surface area (Å²) in [7, 11) is 0. The van der Waals surface area contributed by atoms with Crippen molar-refractivity contribution in [3.8, 4) is 0 Å². The van der Waals surface area contributed by atoms with Crippen molar-refractivity contribution in [2.24, 2.45) is 0 Å². The average Bonchev–Trinajstić information content (AvgIpc) is 2.68. The van der Waals surface area contributed by atoms with E-state index in [0.29, 0.717) is 12.1 Å². The van der Waals surface area contributed by atoms with Crippen molar-refractivity contribution in [3.63, 3.8) is 0 Å². The van der Waals surface area contributed by atoms with Gasteiger partial charge in [-0.3, -0.25) is 9.78 Å². The van der Waals surface area contributed by atoms with E-state index >= 15 is 0 Å². The van der Waals surface area contributed by atoms with Crippen LogP contribution >= 0.6 is 0 Å². The number of hydrogen-bond acceptors (Lipinski definition) is 4. The van der Waals surface area contributed by atoms with Crippen molar-refractivity contribution in [3.05, 3.63) is 66.0 Å². The smallest absolute Gasteiger partial charge is 0.253 e. The number of rotatable bonds is 5. The molecule has 1 aromatic carbocycles. The summed E-state index contributed by atoms with van der Waals surface area (Å²) in [4.78, 5) is 21.1. The maximum absolute atomic E-state index is 12.1. The Balaban J connectivity index is 1.67. The number of piperazine rings is 1. The summed E-state index contributed by atoms with van der Waals surface area (Å²) < 4.78 is 0. The van der Waals surface area contributed by atoms with Crippen LogP contribution in [0.15, 0.2) is 49.3 Å². The van der Waals surface area contributed by atoms with Gasteiger partial charge in [-0.05, 0) is 37.1 Å². The van der Waals surface area contributed by atoms with Gasteiger partial charge in [0.05, 0.1) is 17.4 Å². The Morgan fingerprint density at radius 3 is 2.65 bits per heavy atom. The zero-order valence-electron chi connectivity index (χ0n) is 15.5. The van der Waals surface area contributed by atoms with Crippen LogP contribution in [0.2, 0.25) is 0 Å². The zero-order chi connectivity index (χ0) is 18.5. The molecule has 136 valence electrons. The summed E-state index contributed by atoms with van der Waals surface area (Å²) in [5.41, 5.74) is 5.58. The third kappa shape index (κ3) is 3.87.